The van der Waals surface area contributed by atoms with Gasteiger partial charge in [-0.1, -0.05) is 24.3 Å². The number of hydrogen-bond acceptors (Lipinski definition) is 2. The van der Waals surface area contributed by atoms with Crippen LogP contribution in [0.4, 0.5) is 17.6 Å². The van der Waals surface area contributed by atoms with E-state index in [0.717, 1.165) is 30.3 Å². The lowest BCUT2D eigenvalue weighted by Crippen LogP contribution is -2.14. The summed E-state index contributed by atoms with van der Waals surface area (Å²) in [5.41, 5.74) is -1.93. The monoisotopic (exact) mass is 395 g/mol. The normalized spacial score (nSPS) is 12.1. The minimum Gasteiger partial charge on any atom is -0.289 e. The second-order valence-corrected chi connectivity index (χ2v) is 7.58. The van der Waals surface area contributed by atoms with Crippen molar-refractivity contribution in [2.75, 3.05) is 0 Å². The third kappa shape index (κ3) is 3.66. The van der Waals surface area contributed by atoms with Gasteiger partial charge in [0, 0.05) is 5.56 Å². The van der Waals surface area contributed by atoms with E-state index < -0.39 is 38.0 Å². The maximum absolute atomic E-state index is 13.6. The maximum atomic E-state index is 13.6. The van der Waals surface area contributed by atoms with Crippen molar-refractivity contribution in [3.05, 3.63) is 78.1 Å². The molecule has 0 bridgehead atoms. The molecular weight excluding hydrogens is 384 g/mol. The van der Waals surface area contributed by atoms with Crippen LogP contribution in [0.2, 0.25) is 0 Å². The van der Waals surface area contributed by atoms with Crippen molar-refractivity contribution in [1.29, 1.82) is 0 Å². The standard InChI is InChI=1S/C19H11F4O3S/c20-13-7-8-17(24)15(11-13)12-6-9-18(16(10-12)19(21,22)23)27(25,26)14-4-2-1-3-5-14/h1-11H. The van der Waals surface area contributed by atoms with Crippen molar-refractivity contribution in [3.63, 3.8) is 0 Å². The summed E-state index contributed by atoms with van der Waals surface area (Å²) < 4.78 is 79.4. The van der Waals surface area contributed by atoms with E-state index in [9.17, 15) is 31.1 Å². The van der Waals surface area contributed by atoms with E-state index in [0.29, 0.717) is 6.07 Å². The third-order valence-electron chi connectivity index (χ3n) is 3.88. The molecular formula is C19H11F4O3S. The minimum absolute atomic E-state index is 0.223. The highest BCUT2D eigenvalue weighted by molar-refractivity contribution is 7.91. The molecule has 0 N–H and O–H groups in total. The summed E-state index contributed by atoms with van der Waals surface area (Å²) in [6, 6.07) is 11.7. The predicted molar refractivity (Wildman–Crippen MR) is 88.9 cm³/mol. The SMILES string of the molecule is [O]c1ccc(F)cc1-c1ccc(S(=O)(=O)c2ccccc2)c(C(F)(F)F)c1. The Labute approximate surface area is 152 Å². The summed E-state index contributed by atoms with van der Waals surface area (Å²) >= 11 is 0. The lowest BCUT2D eigenvalue weighted by molar-refractivity contribution is -0.139. The summed E-state index contributed by atoms with van der Waals surface area (Å²) in [6.45, 7) is 0. The van der Waals surface area contributed by atoms with Crippen LogP contribution in [0.25, 0.3) is 11.1 Å². The van der Waals surface area contributed by atoms with Crippen molar-refractivity contribution < 1.29 is 31.1 Å². The molecule has 0 spiro atoms. The van der Waals surface area contributed by atoms with E-state index in [2.05, 4.69) is 0 Å². The first-order valence-electron chi connectivity index (χ1n) is 7.59. The zero-order valence-electron chi connectivity index (χ0n) is 13.5. The van der Waals surface area contributed by atoms with Crippen LogP contribution >= 0.6 is 0 Å². The van der Waals surface area contributed by atoms with E-state index in [4.69, 9.17) is 0 Å². The lowest BCUT2D eigenvalue weighted by Gasteiger charge is -2.15. The third-order valence-corrected chi connectivity index (χ3v) is 5.71. The summed E-state index contributed by atoms with van der Waals surface area (Å²) in [4.78, 5) is -1.23. The fourth-order valence-corrected chi connectivity index (χ4v) is 4.09. The molecule has 0 amide bonds. The molecule has 0 heterocycles. The predicted octanol–water partition coefficient (Wildman–Crippen LogP) is 5.49. The molecule has 27 heavy (non-hydrogen) atoms. The maximum Gasteiger partial charge on any atom is 0.417 e. The van der Waals surface area contributed by atoms with Crippen LogP contribution in [0.5, 0.6) is 5.75 Å². The molecule has 0 aromatic heterocycles. The molecule has 139 valence electrons. The Balaban J connectivity index is 2.25. The van der Waals surface area contributed by atoms with Gasteiger partial charge in [-0.3, -0.25) is 5.11 Å². The second kappa shape index (κ2) is 6.70. The molecule has 0 aliphatic heterocycles. The van der Waals surface area contributed by atoms with E-state index in [1.54, 1.807) is 0 Å². The van der Waals surface area contributed by atoms with Crippen molar-refractivity contribution >= 4 is 9.84 Å². The molecule has 0 saturated heterocycles. The molecule has 3 rings (SSSR count). The number of alkyl halides is 3. The van der Waals surface area contributed by atoms with E-state index in [1.807, 2.05) is 0 Å². The largest absolute Gasteiger partial charge is 0.417 e. The van der Waals surface area contributed by atoms with Crippen LogP contribution in [0, 0.1) is 5.82 Å². The molecule has 0 fully saturated rings. The zero-order chi connectivity index (χ0) is 19.8. The Morgan fingerprint density at radius 2 is 1.48 bits per heavy atom. The molecule has 3 aromatic carbocycles. The van der Waals surface area contributed by atoms with Crippen LogP contribution in [0.15, 0.2) is 76.5 Å². The van der Waals surface area contributed by atoms with Gasteiger partial charge >= 0.3 is 6.18 Å². The second-order valence-electron chi connectivity index (χ2n) is 5.67. The van der Waals surface area contributed by atoms with Crippen molar-refractivity contribution in [1.82, 2.24) is 0 Å². The number of rotatable bonds is 3. The van der Waals surface area contributed by atoms with Gasteiger partial charge in [0.2, 0.25) is 9.84 Å². The van der Waals surface area contributed by atoms with Crippen LogP contribution in [0.1, 0.15) is 5.56 Å². The van der Waals surface area contributed by atoms with Crippen molar-refractivity contribution in [2.24, 2.45) is 0 Å². The smallest absolute Gasteiger partial charge is 0.289 e. The molecule has 0 atom stereocenters. The van der Waals surface area contributed by atoms with Crippen molar-refractivity contribution in [3.8, 4) is 16.9 Å². The minimum atomic E-state index is -5.00. The van der Waals surface area contributed by atoms with Gasteiger partial charge in [0.05, 0.1) is 15.4 Å². The van der Waals surface area contributed by atoms with Crippen LogP contribution < -0.4 is 0 Å². The van der Waals surface area contributed by atoms with Gasteiger partial charge in [0.15, 0.2) is 5.75 Å². The quantitative estimate of drug-likeness (QED) is 0.551. The summed E-state index contributed by atoms with van der Waals surface area (Å²) in [6.07, 6.45) is -5.00. The number of halogens is 4. The van der Waals surface area contributed by atoms with Crippen LogP contribution in [-0.4, -0.2) is 8.42 Å². The van der Waals surface area contributed by atoms with Gasteiger partial charge < -0.3 is 0 Å². The molecule has 3 aromatic rings. The Morgan fingerprint density at radius 3 is 2.11 bits per heavy atom. The summed E-state index contributed by atoms with van der Waals surface area (Å²) in [7, 11) is -4.44. The van der Waals surface area contributed by atoms with Crippen molar-refractivity contribution in [2.45, 2.75) is 16.0 Å². The first-order chi connectivity index (χ1) is 12.6. The fraction of sp³-hybridized carbons (Fsp3) is 0.0526. The van der Waals surface area contributed by atoms with Crippen LogP contribution in [-0.2, 0) is 21.1 Å². The number of sulfone groups is 1. The zero-order valence-corrected chi connectivity index (χ0v) is 14.3. The highest BCUT2D eigenvalue weighted by atomic mass is 32.2. The van der Waals surface area contributed by atoms with E-state index >= 15 is 0 Å². The molecule has 3 nitrogen and oxygen atoms in total. The molecule has 0 aliphatic carbocycles. The first-order valence-corrected chi connectivity index (χ1v) is 9.07. The topological polar surface area (TPSA) is 54.0 Å². The molecule has 1 radical (unpaired) electrons. The highest BCUT2D eigenvalue weighted by Gasteiger charge is 2.38. The van der Waals surface area contributed by atoms with E-state index in [-0.39, 0.29) is 16.0 Å². The van der Waals surface area contributed by atoms with Gasteiger partial charge in [-0.2, -0.15) is 13.2 Å². The molecule has 0 aliphatic rings. The van der Waals surface area contributed by atoms with Crippen LogP contribution in [0.3, 0.4) is 0 Å². The average molecular weight is 395 g/mol. The Morgan fingerprint density at radius 1 is 0.815 bits per heavy atom. The molecule has 8 heteroatoms. The fourth-order valence-electron chi connectivity index (χ4n) is 2.61. The Bertz CT molecular complexity index is 1090. The van der Waals surface area contributed by atoms with Gasteiger partial charge in [-0.05, 0) is 48.0 Å². The van der Waals surface area contributed by atoms with Gasteiger partial charge in [0.25, 0.3) is 0 Å². The summed E-state index contributed by atoms with van der Waals surface area (Å²) in [5, 5.41) is 11.9. The number of benzene rings is 3. The Kier molecular flexibility index (Phi) is 4.69. The summed E-state index contributed by atoms with van der Waals surface area (Å²) in [5.74, 6) is -1.47. The average Bonchev–Trinajstić information content (AvgIpc) is 2.63. The lowest BCUT2D eigenvalue weighted by atomic mass is 10.0. The first kappa shape index (κ1) is 18.9. The molecule has 0 saturated carbocycles. The highest BCUT2D eigenvalue weighted by Crippen LogP contribution is 2.40. The van der Waals surface area contributed by atoms with E-state index in [1.165, 1.54) is 30.3 Å². The molecule has 0 unspecified atom stereocenters. The van der Waals surface area contributed by atoms with Gasteiger partial charge in [-0.25, -0.2) is 12.8 Å². The number of hydrogen-bond donors (Lipinski definition) is 0. The Hall–Kier alpha value is -2.87. The van der Waals surface area contributed by atoms with Gasteiger partial charge in [0.1, 0.15) is 5.82 Å². The van der Waals surface area contributed by atoms with Gasteiger partial charge in [-0.15, -0.1) is 0 Å².